The number of aromatic nitrogens is 2. The van der Waals surface area contributed by atoms with Gasteiger partial charge in [-0.3, -0.25) is 4.79 Å². The molecule has 5 nitrogen and oxygen atoms in total. The van der Waals surface area contributed by atoms with Crippen molar-refractivity contribution in [2.45, 2.75) is 19.4 Å². The van der Waals surface area contributed by atoms with Crippen molar-refractivity contribution in [3.05, 3.63) is 47.5 Å². The third-order valence-electron chi connectivity index (χ3n) is 3.28. The molecular weight excluding hydrogens is 317 g/mol. The van der Waals surface area contributed by atoms with Crippen LogP contribution in [0.1, 0.15) is 23.1 Å². The SMILES string of the molecule is CSCC(C)(O)CNC(=O)c1cc(C)n(-c2ccc(F)cc2)n1. The Kier molecular flexibility index (Phi) is 5.43. The number of hydrogen-bond acceptors (Lipinski definition) is 4. The number of thioether (sulfide) groups is 1. The van der Waals surface area contributed by atoms with Gasteiger partial charge in [0.05, 0.1) is 11.3 Å². The second-order valence-electron chi connectivity index (χ2n) is 5.67. The Hall–Kier alpha value is -1.86. The van der Waals surface area contributed by atoms with Crippen LogP contribution in [0.5, 0.6) is 0 Å². The number of benzene rings is 1. The van der Waals surface area contributed by atoms with Gasteiger partial charge in [-0.25, -0.2) is 9.07 Å². The molecular formula is C16H20FN3O2S. The van der Waals surface area contributed by atoms with Crippen molar-refractivity contribution in [3.63, 3.8) is 0 Å². The largest absolute Gasteiger partial charge is 0.387 e. The predicted molar refractivity (Wildman–Crippen MR) is 89.6 cm³/mol. The van der Waals surface area contributed by atoms with Crippen molar-refractivity contribution in [1.29, 1.82) is 0 Å². The molecule has 0 aliphatic rings. The maximum absolute atomic E-state index is 13.0. The van der Waals surface area contributed by atoms with Gasteiger partial charge in [-0.15, -0.1) is 0 Å². The number of nitrogens with zero attached hydrogens (tertiary/aromatic N) is 2. The first-order valence-electron chi connectivity index (χ1n) is 7.14. The van der Waals surface area contributed by atoms with Gasteiger partial charge in [0.1, 0.15) is 5.82 Å². The molecule has 2 aromatic rings. The van der Waals surface area contributed by atoms with E-state index in [1.807, 2.05) is 13.2 Å². The monoisotopic (exact) mass is 337 g/mol. The number of hydrogen-bond donors (Lipinski definition) is 2. The molecule has 2 N–H and O–H groups in total. The van der Waals surface area contributed by atoms with Crippen LogP contribution in [0, 0.1) is 12.7 Å². The smallest absolute Gasteiger partial charge is 0.271 e. The van der Waals surface area contributed by atoms with Crippen molar-refractivity contribution in [1.82, 2.24) is 15.1 Å². The number of rotatable bonds is 6. The molecule has 2 rings (SSSR count). The van der Waals surface area contributed by atoms with E-state index in [-0.39, 0.29) is 24.0 Å². The lowest BCUT2D eigenvalue weighted by atomic mass is 10.1. The predicted octanol–water partition coefficient (Wildman–Crippen LogP) is 2.16. The summed E-state index contributed by atoms with van der Waals surface area (Å²) in [6.07, 6.45) is 1.89. The van der Waals surface area contributed by atoms with Crippen LogP contribution in [0.4, 0.5) is 4.39 Å². The highest BCUT2D eigenvalue weighted by Crippen LogP contribution is 2.14. The molecule has 0 spiro atoms. The lowest BCUT2D eigenvalue weighted by molar-refractivity contribution is 0.0722. The highest BCUT2D eigenvalue weighted by atomic mass is 32.2. The summed E-state index contributed by atoms with van der Waals surface area (Å²) in [4.78, 5) is 12.2. The molecule has 0 bridgehead atoms. The van der Waals surface area contributed by atoms with Gasteiger partial charge in [0.15, 0.2) is 5.69 Å². The summed E-state index contributed by atoms with van der Waals surface area (Å²) in [7, 11) is 0. The number of nitrogens with one attached hydrogen (secondary N) is 1. The Labute approximate surface area is 138 Å². The Morgan fingerprint density at radius 1 is 1.43 bits per heavy atom. The third-order valence-corrected chi connectivity index (χ3v) is 4.19. The average molecular weight is 337 g/mol. The summed E-state index contributed by atoms with van der Waals surface area (Å²) >= 11 is 1.51. The fourth-order valence-electron chi connectivity index (χ4n) is 2.15. The van der Waals surface area contributed by atoms with E-state index in [9.17, 15) is 14.3 Å². The molecule has 0 saturated heterocycles. The standard InChI is InChI=1S/C16H20FN3O2S/c1-11-8-14(15(21)18-9-16(2,22)10-23-3)19-20(11)13-6-4-12(17)5-7-13/h4-8,22H,9-10H2,1-3H3,(H,18,21). The first kappa shape index (κ1) is 17.5. The van der Waals surface area contributed by atoms with Crippen LogP contribution in [0.3, 0.4) is 0 Å². The molecule has 0 saturated carbocycles. The molecule has 0 aliphatic carbocycles. The molecule has 124 valence electrons. The topological polar surface area (TPSA) is 67.2 Å². The van der Waals surface area contributed by atoms with Gasteiger partial charge in [0, 0.05) is 18.0 Å². The van der Waals surface area contributed by atoms with Crippen molar-refractivity contribution in [2.24, 2.45) is 0 Å². The van der Waals surface area contributed by atoms with E-state index < -0.39 is 5.60 Å². The Bertz CT molecular complexity index is 683. The minimum Gasteiger partial charge on any atom is -0.387 e. The second kappa shape index (κ2) is 7.14. The number of aryl methyl sites for hydroxylation is 1. The molecule has 1 amide bonds. The van der Waals surface area contributed by atoms with Crippen LogP contribution in [0.15, 0.2) is 30.3 Å². The van der Waals surface area contributed by atoms with Crippen LogP contribution < -0.4 is 5.32 Å². The highest BCUT2D eigenvalue weighted by Gasteiger charge is 2.22. The van der Waals surface area contributed by atoms with Crippen LogP contribution in [0.25, 0.3) is 5.69 Å². The number of halogens is 1. The zero-order valence-corrected chi connectivity index (χ0v) is 14.2. The van der Waals surface area contributed by atoms with Gasteiger partial charge in [0.25, 0.3) is 5.91 Å². The Morgan fingerprint density at radius 2 is 2.09 bits per heavy atom. The number of carbonyl (C=O) groups is 1. The lowest BCUT2D eigenvalue weighted by Gasteiger charge is -2.22. The van der Waals surface area contributed by atoms with E-state index in [1.165, 1.54) is 23.9 Å². The minimum atomic E-state index is -0.969. The normalized spacial score (nSPS) is 13.6. The molecule has 1 unspecified atom stereocenters. The van der Waals surface area contributed by atoms with E-state index in [1.54, 1.807) is 29.8 Å². The van der Waals surface area contributed by atoms with Crippen molar-refractivity contribution in [3.8, 4) is 5.69 Å². The highest BCUT2D eigenvalue weighted by molar-refractivity contribution is 7.98. The first-order valence-corrected chi connectivity index (χ1v) is 8.54. The number of aliphatic hydroxyl groups is 1. The summed E-state index contributed by atoms with van der Waals surface area (Å²) < 4.78 is 14.6. The fourth-order valence-corrected chi connectivity index (χ4v) is 2.88. The van der Waals surface area contributed by atoms with Crippen molar-refractivity contribution in [2.75, 3.05) is 18.6 Å². The summed E-state index contributed by atoms with van der Waals surface area (Å²) in [5.74, 6) is -0.154. The molecule has 23 heavy (non-hydrogen) atoms. The molecule has 0 fully saturated rings. The zero-order chi connectivity index (χ0) is 17.0. The van der Waals surface area contributed by atoms with E-state index in [4.69, 9.17) is 0 Å². The summed E-state index contributed by atoms with van der Waals surface area (Å²) in [5.41, 5.74) is 0.727. The zero-order valence-electron chi connectivity index (χ0n) is 13.3. The molecule has 1 atom stereocenters. The van der Waals surface area contributed by atoms with Gasteiger partial charge < -0.3 is 10.4 Å². The fraction of sp³-hybridized carbons (Fsp3) is 0.375. The summed E-state index contributed by atoms with van der Waals surface area (Å²) in [6.45, 7) is 3.64. The molecule has 7 heteroatoms. The second-order valence-corrected chi connectivity index (χ2v) is 6.54. The van der Waals surface area contributed by atoms with Gasteiger partial charge in [-0.1, -0.05) is 0 Å². The first-order chi connectivity index (χ1) is 10.8. The van der Waals surface area contributed by atoms with E-state index in [0.717, 1.165) is 5.69 Å². The van der Waals surface area contributed by atoms with Crippen molar-refractivity contribution < 1.29 is 14.3 Å². The van der Waals surface area contributed by atoms with E-state index in [2.05, 4.69) is 10.4 Å². The molecule has 0 radical (unpaired) electrons. The summed E-state index contributed by atoms with van der Waals surface area (Å²) in [6, 6.07) is 7.54. The van der Waals surface area contributed by atoms with Crippen LogP contribution in [-0.4, -0.2) is 44.9 Å². The maximum atomic E-state index is 13.0. The van der Waals surface area contributed by atoms with Crippen LogP contribution in [0.2, 0.25) is 0 Å². The van der Waals surface area contributed by atoms with E-state index >= 15 is 0 Å². The lowest BCUT2D eigenvalue weighted by Crippen LogP contribution is -2.42. The quantitative estimate of drug-likeness (QED) is 0.848. The van der Waals surface area contributed by atoms with E-state index in [0.29, 0.717) is 11.4 Å². The molecule has 1 aromatic carbocycles. The summed E-state index contributed by atoms with van der Waals surface area (Å²) in [5, 5.41) is 17.0. The number of amides is 1. The average Bonchev–Trinajstić information content (AvgIpc) is 2.88. The van der Waals surface area contributed by atoms with Crippen LogP contribution in [-0.2, 0) is 0 Å². The van der Waals surface area contributed by atoms with Gasteiger partial charge >= 0.3 is 0 Å². The molecule has 0 aliphatic heterocycles. The maximum Gasteiger partial charge on any atom is 0.271 e. The molecule has 1 heterocycles. The Morgan fingerprint density at radius 3 is 2.70 bits per heavy atom. The third kappa shape index (κ3) is 4.56. The van der Waals surface area contributed by atoms with Crippen LogP contribution >= 0.6 is 11.8 Å². The van der Waals surface area contributed by atoms with Crippen molar-refractivity contribution >= 4 is 17.7 Å². The van der Waals surface area contributed by atoms with Gasteiger partial charge in [-0.2, -0.15) is 16.9 Å². The molecule has 1 aromatic heterocycles. The number of carbonyl (C=O) groups excluding carboxylic acids is 1. The minimum absolute atomic E-state index is 0.148. The van der Waals surface area contributed by atoms with Gasteiger partial charge in [0.2, 0.25) is 0 Å². The Balaban J connectivity index is 2.11. The van der Waals surface area contributed by atoms with Gasteiger partial charge in [-0.05, 0) is 50.4 Å².